The fraction of sp³-hybridized carbons (Fsp3) is 0.440. The van der Waals surface area contributed by atoms with Crippen LogP contribution >= 0.6 is 0 Å². The van der Waals surface area contributed by atoms with E-state index in [-0.39, 0.29) is 5.04 Å². The lowest BCUT2D eigenvalue weighted by Gasteiger charge is -2.36. The molecule has 0 unspecified atom stereocenters. The Bertz CT molecular complexity index is 808. The highest BCUT2D eigenvalue weighted by Gasteiger charge is 2.36. The highest BCUT2D eigenvalue weighted by Crippen LogP contribution is 2.37. The van der Waals surface area contributed by atoms with Gasteiger partial charge in [0.1, 0.15) is 0 Å². The van der Waals surface area contributed by atoms with Crippen LogP contribution in [0.25, 0.3) is 5.57 Å². The highest BCUT2D eigenvalue weighted by atomic mass is 28.4. The van der Waals surface area contributed by atoms with Crippen LogP contribution in [0.1, 0.15) is 43.0 Å². The highest BCUT2D eigenvalue weighted by molar-refractivity contribution is 6.74. The SMILES string of the molecule is C=C(c1ccc(CO[Si](C)(C)C)cc1)c1ccc(CO[Si](C)(C)C(C)(C)C)cc1. The van der Waals surface area contributed by atoms with E-state index in [4.69, 9.17) is 8.85 Å². The molecule has 29 heavy (non-hydrogen) atoms. The van der Waals surface area contributed by atoms with Crippen LogP contribution in [0.15, 0.2) is 55.1 Å². The lowest BCUT2D eigenvalue weighted by Crippen LogP contribution is -2.40. The van der Waals surface area contributed by atoms with Gasteiger partial charge in [0.15, 0.2) is 16.6 Å². The van der Waals surface area contributed by atoms with Gasteiger partial charge in [0.05, 0.1) is 13.2 Å². The Morgan fingerprint density at radius 2 is 1.10 bits per heavy atom. The van der Waals surface area contributed by atoms with Gasteiger partial charge in [-0.1, -0.05) is 75.9 Å². The van der Waals surface area contributed by atoms with Crippen molar-refractivity contribution in [3.05, 3.63) is 77.4 Å². The molecule has 0 heterocycles. The predicted octanol–water partition coefficient (Wildman–Crippen LogP) is 7.62. The van der Waals surface area contributed by atoms with Crippen LogP contribution in [0.4, 0.5) is 0 Å². The topological polar surface area (TPSA) is 18.5 Å². The molecule has 0 saturated heterocycles. The normalized spacial score (nSPS) is 12.8. The first-order valence-corrected chi connectivity index (χ1v) is 16.8. The first kappa shape index (κ1) is 23.8. The number of rotatable bonds is 8. The van der Waals surface area contributed by atoms with Crippen molar-refractivity contribution in [2.75, 3.05) is 0 Å². The smallest absolute Gasteiger partial charge is 0.192 e. The third kappa shape index (κ3) is 7.07. The fourth-order valence-corrected chi connectivity index (χ4v) is 4.11. The molecule has 158 valence electrons. The molecule has 2 rings (SSSR count). The van der Waals surface area contributed by atoms with Crippen LogP contribution in [0.5, 0.6) is 0 Å². The summed E-state index contributed by atoms with van der Waals surface area (Å²) in [5, 5.41) is 0.230. The van der Waals surface area contributed by atoms with Crippen molar-refractivity contribution < 1.29 is 8.85 Å². The molecule has 0 bridgehead atoms. The lowest BCUT2D eigenvalue weighted by atomic mass is 9.98. The number of benzene rings is 2. The van der Waals surface area contributed by atoms with Gasteiger partial charge >= 0.3 is 0 Å². The zero-order valence-corrected chi connectivity index (χ0v) is 21.6. The summed E-state index contributed by atoms with van der Waals surface area (Å²) in [6.07, 6.45) is 0. The van der Waals surface area contributed by atoms with Gasteiger partial charge in [-0.25, -0.2) is 0 Å². The van der Waals surface area contributed by atoms with Gasteiger partial charge in [-0.05, 0) is 65.6 Å². The third-order valence-corrected chi connectivity index (χ3v) is 11.2. The van der Waals surface area contributed by atoms with Crippen molar-refractivity contribution in [2.45, 2.75) is 71.8 Å². The van der Waals surface area contributed by atoms with Crippen LogP contribution < -0.4 is 0 Å². The lowest BCUT2D eigenvalue weighted by molar-refractivity contribution is 0.276. The van der Waals surface area contributed by atoms with Crippen molar-refractivity contribution in [2.24, 2.45) is 0 Å². The summed E-state index contributed by atoms with van der Waals surface area (Å²) < 4.78 is 12.3. The maximum atomic E-state index is 6.33. The maximum Gasteiger partial charge on any atom is 0.192 e. The predicted molar refractivity (Wildman–Crippen MR) is 131 cm³/mol. The van der Waals surface area contributed by atoms with Crippen molar-refractivity contribution in [3.8, 4) is 0 Å². The Hall–Kier alpha value is -1.47. The fourth-order valence-electron chi connectivity index (χ4n) is 2.55. The monoisotopic (exact) mass is 426 g/mol. The van der Waals surface area contributed by atoms with Gasteiger partial charge in [-0.2, -0.15) is 0 Å². The first-order chi connectivity index (χ1) is 13.3. The molecule has 0 aromatic heterocycles. The molecule has 2 nitrogen and oxygen atoms in total. The van der Waals surface area contributed by atoms with E-state index >= 15 is 0 Å². The summed E-state index contributed by atoms with van der Waals surface area (Å²) in [5.41, 5.74) is 5.76. The van der Waals surface area contributed by atoms with Crippen molar-refractivity contribution in [3.63, 3.8) is 0 Å². The van der Waals surface area contributed by atoms with Gasteiger partial charge in [0.2, 0.25) is 0 Å². The molecule has 0 radical (unpaired) electrons. The van der Waals surface area contributed by atoms with E-state index in [0.717, 1.165) is 16.7 Å². The second-order valence-corrected chi connectivity index (χ2v) is 19.6. The summed E-state index contributed by atoms with van der Waals surface area (Å²) in [6.45, 7) is 23.7. The Morgan fingerprint density at radius 3 is 1.45 bits per heavy atom. The molecule has 4 heteroatoms. The molecule has 0 amide bonds. The van der Waals surface area contributed by atoms with Crippen molar-refractivity contribution in [1.29, 1.82) is 0 Å². The minimum Gasteiger partial charge on any atom is -0.413 e. The minimum absolute atomic E-state index is 0.230. The quantitative estimate of drug-likeness (QED) is 0.404. The maximum absolute atomic E-state index is 6.33. The van der Waals surface area contributed by atoms with E-state index < -0.39 is 16.6 Å². The largest absolute Gasteiger partial charge is 0.413 e. The standard InChI is InChI=1S/C25H38O2Si2/c1-20(23-14-10-21(11-15-23)18-26-28(5,6)7)24-16-12-22(13-17-24)19-27-29(8,9)25(2,3)4/h10-17H,1,18-19H2,2-9H3. The van der Waals surface area contributed by atoms with E-state index in [0.29, 0.717) is 13.2 Å². The summed E-state index contributed by atoms with van der Waals surface area (Å²) >= 11 is 0. The second kappa shape index (κ2) is 9.13. The Labute approximate surface area is 180 Å². The van der Waals surface area contributed by atoms with Gasteiger partial charge in [0.25, 0.3) is 0 Å². The van der Waals surface area contributed by atoms with Crippen LogP contribution in [-0.4, -0.2) is 16.6 Å². The molecule has 2 aromatic carbocycles. The Kier molecular flexibility index (Phi) is 7.49. The number of hydrogen-bond donors (Lipinski definition) is 0. The molecule has 0 atom stereocenters. The third-order valence-electron chi connectivity index (χ3n) is 5.68. The molecule has 0 aliphatic rings. The van der Waals surface area contributed by atoms with E-state index in [1.807, 2.05) is 0 Å². The van der Waals surface area contributed by atoms with Crippen LogP contribution in [0.3, 0.4) is 0 Å². The second-order valence-electron chi connectivity index (χ2n) is 10.3. The molecule has 0 N–H and O–H groups in total. The molecule has 2 aromatic rings. The average molecular weight is 427 g/mol. The number of hydrogen-bond acceptors (Lipinski definition) is 2. The molecule has 0 spiro atoms. The molecule has 0 aliphatic heterocycles. The van der Waals surface area contributed by atoms with Crippen molar-refractivity contribution in [1.82, 2.24) is 0 Å². The van der Waals surface area contributed by atoms with Gasteiger partial charge < -0.3 is 8.85 Å². The molecular weight excluding hydrogens is 388 g/mol. The summed E-state index contributed by atoms with van der Waals surface area (Å²) in [6, 6.07) is 17.2. The van der Waals surface area contributed by atoms with E-state index in [9.17, 15) is 0 Å². The summed E-state index contributed by atoms with van der Waals surface area (Å²) in [7, 11) is -3.21. The Balaban J connectivity index is 2.00. The van der Waals surface area contributed by atoms with E-state index in [2.05, 4.69) is 109 Å². The zero-order chi connectivity index (χ0) is 21.9. The van der Waals surface area contributed by atoms with E-state index in [1.54, 1.807) is 0 Å². The molecular formula is C25H38O2Si2. The van der Waals surface area contributed by atoms with Gasteiger partial charge in [-0.3, -0.25) is 0 Å². The molecule has 0 fully saturated rings. The van der Waals surface area contributed by atoms with Crippen molar-refractivity contribution >= 4 is 22.2 Å². The molecule has 0 aliphatic carbocycles. The zero-order valence-electron chi connectivity index (χ0n) is 19.6. The summed E-state index contributed by atoms with van der Waals surface area (Å²) in [4.78, 5) is 0. The van der Waals surface area contributed by atoms with E-state index in [1.165, 1.54) is 11.1 Å². The first-order valence-electron chi connectivity index (χ1n) is 10.4. The van der Waals surface area contributed by atoms with Crippen LogP contribution in [-0.2, 0) is 22.1 Å². The minimum atomic E-state index is -1.73. The summed E-state index contributed by atoms with van der Waals surface area (Å²) in [5.74, 6) is 0. The van der Waals surface area contributed by atoms with Gasteiger partial charge in [0, 0.05) is 0 Å². The average Bonchev–Trinajstić information content (AvgIpc) is 2.63. The van der Waals surface area contributed by atoms with Crippen LogP contribution in [0, 0.1) is 0 Å². The molecule has 0 saturated carbocycles. The van der Waals surface area contributed by atoms with Crippen LogP contribution in [0.2, 0.25) is 37.8 Å². The van der Waals surface area contributed by atoms with Gasteiger partial charge in [-0.15, -0.1) is 0 Å². The Morgan fingerprint density at radius 1 is 0.724 bits per heavy atom.